The van der Waals surface area contributed by atoms with Crippen molar-refractivity contribution in [3.63, 3.8) is 0 Å². The fourth-order valence-electron chi connectivity index (χ4n) is 0.391. The van der Waals surface area contributed by atoms with Gasteiger partial charge in [-0.3, -0.25) is 0 Å². The molecule has 2 nitrogen and oxygen atoms in total. The highest BCUT2D eigenvalue weighted by Gasteiger charge is 2.02. The van der Waals surface area contributed by atoms with Crippen LogP contribution in [0.3, 0.4) is 0 Å². The summed E-state index contributed by atoms with van der Waals surface area (Å²) in [7, 11) is 0. The van der Waals surface area contributed by atoms with Gasteiger partial charge in [-0.1, -0.05) is 16.8 Å². The predicted octanol–water partition coefficient (Wildman–Crippen LogP) is 1.94. The predicted molar refractivity (Wildman–Crippen MR) is 31.0 cm³/mol. The van der Waals surface area contributed by atoms with Gasteiger partial charge in [-0.15, -0.1) is 0 Å². The van der Waals surface area contributed by atoms with Gasteiger partial charge in [-0.05, 0) is 13.8 Å². The van der Waals surface area contributed by atoms with Gasteiger partial charge in [0.25, 0.3) is 0 Å². The first-order chi connectivity index (χ1) is 3.72. The molecule has 0 saturated carbocycles. The summed E-state index contributed by atoms with van der Waals surface area (Å²) in [6.07, 6.45) is 0. The molecule has 0 aromatic carbocycles. The first kappa shape index (κ1) is 5.63. The van der Waals surface area contributed by atoms with E-state index < -0.39 is 0 Å². The standard InChI is InChI=1S/C5H6ClNO/c1-3-4(2)8-7-5(3)6/h1-2H3. The van der Waals surface area contributed by atoms with Gasteiger partial charge in [0.15, 0.2) is 5.15 Å². The average Bonchev–Trinajstić information content (AvgIpc) is 1.98. The van der Waals surface area contributed by atoms with Crippen molar-refractivity contribution in [1.29, 1.82) is 0 Å². The summed E-state index contributed by atoms with van der Waals surface area (Å²) in [5, 5.41) is 3.97. The summed E-state index contributed by atoms with van der Waals surface area (Å²) in [6.45, 7) is 3.70. The Hall–Kier alpha value is -0.500. The van der Waals surface area contributed by atoms with Crippen LogP contribution in [-0.2, 0) is 0 Å². The molecule has 44 valence electrons. The fourth-order valence-corrected chi connectivity index (χ4v) is 0.558. The van der Waals surface area contributed by atoms with Crippen LogP contribution in [0.4, 0.5) is 0 Å². The topological polar surface area (TPSA) is 26.0 Å². The van der Waals surface area contributed by atoms with Crippen LogP contribution in [0.2, 0.25) is 5.15 Å². The Labute approximate surface area is 52.4 Å². The second kappa shape index (κ2) is 1.78. The molecule has 0 atom stereocenters. The Balaban J connectivity index is 3.19. The first-order valence-electron chi connectivity index (χ1n) is 2.30. The second-order valence-corrected chi connectivity index (χ2v) is 2.01. The van der Waals surface area contributed by atoms with Crippen LogP contribution in [0.15, 0.2) is 4.52 Å². The quantitative estimate of drug-likeness (QED) is 0.538. The lowest BCUT2D eigenvalue weighted by Gasteiger charge is -1.78. The van der Waals surface area contributed by atoms with E-state index in [2.05, 4.69) is 5.16 Å². The number of hydrogen-bond acceptors (Lipinski definition) is 2. The number of hydrogen-bond donors (Lipinski definition) is 0. The molecular formula is C5H6ClNO. The lowest BCUT2D eigenvalue weighted by Crippen LogP contribution is -1.67. The van der Waals surface area contributed by atoms with E-state index in [0.29, 0.717) is 5.15 Å². The van der Waals surface area contributed by atoms with E-state index in [4.69, 9.17) is 16.1 Å². The van der Waals surface area contributed by atoms with Crippen LogP contribution in [0.25, 0.3) is 0 Å². The Kier molecular flexibility index (Phi) is 1.26. The summed E-state index contributed by atoms with van der Waals surface area (Å²) in [4.78, 5) is 0. The highest BCUT2D eigenvalue weighted by molar-refractivity contribution is 6.30. The number of nitrogens with zero attached hydrogens (tertiary/aromatic N) is 1. The molecule has 0 N–H and O–H groups in total. The van der Waals surface area contributed by atoms with E-state index in [1.54, 1.807) is 0 Å². The van der Waals surface area contributed by atoms with Crippen LogP contribution >= 0.6 is 11.6 Å². The molecule has 0 aliphatic rings. The maximum absolute atomic E-state index is 5.52. The first-order valence-corrected chi connectivity index (χ1v) is 2.68. The smallest absolute Gasteiger partial charge is 0.175 e. The van der Waals surface area contributed by atoms with Crippen molar-refractivity contribution in [1.82, 2.24) is 5.16 Å². The Morgan fingerprint density at radius 2 is 2.12 bits per heavy atom. The van der Waals surface area contributed by atoms with E-state index in [0.717, 1.165) is 11.3 Å². The van der Waals surface area contributed by atoms with Crippen molar-refractivity contribution in [2.24, 2.45) is 0 Å². The molecule has 1 heterocycles. The third-order valence-electron chi connectivity index (χ3n) is 1.10. The molecule has 0 unspecified atom stereocenters. The summed E-state index contributed by atoms with van der Waals surface area (Å²) in [5.41, 5.74) is 0.923. The summed E-state index contributed by atoms with van der Waals surface area (Å²) in [5.74, 6) is 0.787. The normalized spacial score (nSPS) is 9.88. The van der Waals surface area contributed by atoms with Crippen molar-refractivity contribution >= 4 is 11.6 Å². The molecule has 0 bridgehead atoms. The summed E-state index contributed by atoms with van der Waals surface area (Å²) < 4.78 is 4.71. The molecule has 0 fully saturated rings. The van der Waals surface area contributed by atoms with Crippen molar-refractivity contribution in [3.05, 3.63) is 16.5 Å². The lowest BCUT2D eigenvalue weighted by atomic mass is 10.3. The van der Waals surface area contributed by atoms with E-state index >= 15 is 0 Å². The van der Waals surface area contributed by atoms with Crippen LogP contribution < -0.4 is 0 Å². The number of rotatable bonds is 0. The molecule has 0 amide bonds. The minimum Gasteiger partial charge on any atom is -0.360 e. The van der Waals surface area contributed by atoms with E-state index in [-0.39, 0.29) is 0 Å². The molecule has 0 aliphatic heterocycles. The highest BCUT2D eigenvalue weighted by atomic mass is 35.5. The van der Waals surface area contributed by atoms with E-state index in [9.17, 15) is 0 Å². The Morgan fingerprint density at radius 1 is 1.50 bits per heavy atom. The van der Waals surface area contributed by atoms with Gasteiger partial charge in [0.05, 0.1) is 0 Å². The van der Waals surface area contributed by atoms with E-state index in [1.807, 2.05) is 13.8 Å². The van der Waals surface area contributed by atoms with Gasteiger partial charge in [0.2, 0.25) is 0 Å². The molecule has 0 saturated heterocycles. The number of aromatic nitrogens is 1. The maximum Gasteiger partial charge on any atom is 0.175 e. The summed E-state index contributed by atoms with van der Waals surface area (Å²) >= 11 is 5.52. The van der Waals surface area contributed by atoms with Crippen LogP contribution in [0, 0.1) is 13.8 Å². The molecule has 1 rings (SSSR count). The monoisotopic (exact) mass is 131 g/mol. The van der Waals surface area contributed by atoms with Crippen molar-refractivity contribution in [3.8, 4) is 0 Å². The molecule has 0 spiro atoms. The van der Waals surface area contributed by atoms with Crippen molar-refractivity contribution < 1.29 is 4.52 Å². The minimum absolute atomic E-state index is 0.461. The fraction of sp³-hybridized carbons (Fsp3) is 0.400. The third kappa shape index (κ3) is 0.713. The van der Waals surface area contributed by atoms with Crippen LogP contribution in [-0.4, -0.2) is 5.16 Å². The Morgan fingerprint density at radius 3 is 2.25 bits per heavy atom. The van der Waals surface area contributed by atoms with Gasteiger partial charge in [-0.25, -0.2) is 0 Å². The largest absolute Gasteiger partial charge is 0.360 e. The molecule has 1 aromatic rings. The van der Waals surface area contributed by atoms with Gasteiger partial charge in [0.1, 0.15) is 5.76 Å². The lowest BCUT2D eigenvalue weighted by molar-refractivity contribution is 0.397. The van der Waals surface area contributed by atoms with Gasteiger partial charge >= 0.3 is 0 Å². The third-order valence-corrected chi connectivity index (χ3v) is 1.45. The minimum atomic E-state index is 0.461. The van der Waals surface area contributed by atoms with Crippen molar-refractivity contribution in [2.45, 2.75) is 13.8 Å². The van der Waals surface area contributed by atoms with E-state index in [1.165, 1.54) is 0 Å². The zero-order valence-corrected chi connectivity index (χ0v) is 5.49. The average molecular weight is 132 g/mol. The summed E-state index contributed by atoms with van der Waals surface area (Å²) in [6, 6.07) is 0. The molecule has 8 heavy (non-hydrogen) atoms. The molecule has 1 aromatic heterocycles. The second-order valence-electron chi connectivity index (χ2n) is 1.65. The van der Waals surface area contributed by atoms with Gasteiger partial charge in [0, 0.05) is 5.56 Å². The number of halogens is 1. The zero-order chi connectivity index (χ0) is 6.15. The van der Waals surface area contributed by atoms with Crippen molar-refractivity contribution in [2.75, 3.05) is 0 Å². The van der Waals surface area contributed by atoms with Crippen LogP contribution in [0.1, 0.15) is 11.3 Å². The molecule has 0 radical (unpaired) electrons. The maximum atomic E-state index is 5.52. The number of aryl methyl sites for hydroxylation is 1. The van der Waals surface area contributed by atoms with Gasteiger partial charge < -0.3 is 4.52 Å². The SMILES string of the molecule is Cc1onc(Cl)c1C. The van der Waals surface area contributed by atoms with Crippen LogP contribution in [0.5, 0.6) is 0 Å². The highest BCUT2D eigenvalue weighted by Crippen LogP contribution is 2.15. The molecule has 0 aliphatic carbocycles. The zero-order valence-electron chi connectivity index (χ0n) is 4.73. The van der Waals surface area contributed by atoms with Gasteiger partial charge in [-0.2, -0.15) is 0 Å². The molecule has 3 heteroatoms. The Bertz CT molecular complexity index is 175. The molecular weight excluding hydrogens is 126 g/mol.